The van der Waals surface area contributed by atoms with Crippen LogP contribution >= 0.6 is 11.3 Å². The summed E-state index contributed by atoms with van der Waals surface area (Å²) < 4.78 is 0. The van der Waals surface area contributed by atoms with E-state index in [1.807, 2.05) is 30.3 Å². The minimum absolute atomic E-state index is 0.121. The molecular weight excluding hydrogens is 270 g/mol. The molecule has 0 bridgehead atoms. The summed E-state index contributed by atoms with van der Waals surface area (Å²) in [4.78, 5) is 17.4. The minimum Gasteiger partial charge on any atom is -0.397 e. The van der Waals surface area contributed by atoms with Gasteiger partial charge in [-0.3, -0.25) is 4.79 Å². The lowest BCUT2D eigenvalue weighted by molar-refractivity contribution is -0.114. The van der Waals surface area contributed by atoms with Gasteiger partial charge in [0.05, 0.1) is 21.6 Å². The van der Waals surface area contributed by atoms with Crippen LogP contribution < -0.4 is 11.1 Å². The van der Waals surface area contributed by atoms with Gasteiger partial charge in [0.1, 0.15) is 4.83 Å². The van der Waals surface area contributed by atoms with Crippen LogP contribution in [0, 0.1) is 0 Å². The van der Waals surface area contributed by atoms with Gasteiger partial charge in [0.25, 0.3) is 0 Å². The average Bonchev–Trinajstić information content (AvgIpc) is 2.78. The third kappa shape index (κ3) is 2.12. The van der Waals surface area contributed by atoms with E-state index in [4.69, 9.17) is 5.73 Å². The fraction of sp³-hybridized carbons (Fsp3) is 0.0667. The van der Waals surface area contributed by atoms with E-state index in [1.54, 1.807) is 12.3 Å². The van der Waals surface area contributed by atoms with Gasteiger partial charge in [-0.15, -0.1) is 11.3 Å². The fourth-order valence-electron chi connectivity index (χ4n) is 2.14. The maximum Gasteiger partial charge on any atom is 0.221 e. The van der Waals surface area contributed by atoms with Crippen molar-refractivity contribution in [3.05, 3.63) is 42.6 Å². The Bertz CT molecular complexity index is 780. The van der Waals surface area contributed by atoms with Crippen molar-refractivity contribution < 1.29 is 4.79 Å². The molecule has 0 saturated heterocycles. The number of carbonyl (C=O) groups excluding carboxylic acids is 1. The molecule has 0 aliphatic heterocycles. The molecule has 0 spiro atoms. The standard InChI is InChI=1S/C15H13N3OS/c1-9(19)18-11-7-8-17-15-12(11)13(16)14(20-15)10-5-3-2-4-6-10/h2-8H,16H2,1H3,(H,17,18,19). The van der Waals surface area contributed by atoms with Crippen molar-refractivity contribution in [3.8, 4) is 10.4 Å². The summed E-state index contributed by atoms with van der Waals surface area (Å²) in [5.41, 5.74) is 8.69. The van der Waals surface area contributed by atoms with Gasteiger partial charge in [-0.1, -0.05) is 30.3 Å². The maximum absolute atomic E-state index is 11.3. The summed E-state index contributed by atoms with van der Waals surface area (Å²) in [5, 5.41) is 3.61. The highest BCUT2D eigenvalue weighted by atomic mass is 32.1. The van der Waals surface area contributed by atoms with Gasteiger partial charge in [-0.2, -0.15) is 0 Å². The van der Waals surface area contributed by atoms with Gasteiger partial charge in [-0.05, 0) is 11.6 Å². The highest BCUT2D eigenvalue weighted by Crippen LogP contribution is 2.42. The Morgan fingerprint density at radius 3 is 2.70 bits per heavy atom. The predicted molar refractivity (Wildman–Crippen MR) is 83.8 cm³/mol. The van der Waals surface area contributed by atoms with Gasteiger partial charge >= 0.3 is 0 Å². The van der Waals surface area contributed by atoms with E-state index in [0.29, 0.717) is 11.4 Å². The van der Waals surface area contributed by atoms with E-state index in [9.17, 15) is 4.79 Å². The highest BCUT2D eigenvalue weighted by molar-refractivity contribution is 7.22. The average molecular weight is 283 g/mol. The molecule has 0 saturated carbocycles. The third-order valence-corrected chi connectivity index (χ3v) is 4.14. The van der Waals surface area contributed by atoms with Gasteiger partial charge < -0.3 is 11.1 Å². The number of nitrogens with zero attached hydrogens (tertiary/aromatic N) is 1. The number of pyridine rings is 1. The number of nitrogens with one attached hydrogen (secondary N) is 1. The summed E-state index contributed by atoms with van der Waals surface area (Å²) >= 11 is 1.53. The lowest BCUT2D eigenvalue weighted by Crippen LogP contribution is -2.06. The monoisotopic (exact) mass is 283 g/mol. The van der Waals surface area contributed by atoms with Crippen LogP contribution in [0.25, 0.3) is 20.7 Å². The molecule has 0 radical (unpaired) electrons. The number of amides is 1. The zero-order valence-corrected chi connectivity index (χ0v) is 11.7. The van der Waals surface area contributed by atoms with Crippen LogP contribution in [-0.4, -0.2) is 10.9 Å². The number of nitrogen functional groups attached to an aromatic ring is 1. The van der Waals surface area contributed by atoms with E-state index >= 15 is 0 Å². The molecule has 3 rings (SSSR count). The van der Waals surface area contributed by atoms with Crippen LogP contribution in [0.5, 0.6) is 0 Å². The van der Waals surface area contributed by atoms with Crippen LogP contribution in [0.2, 0.25) is 0 Å². The predicted octanol–water partition coefficient (Wildman–Crippen LogP) is 3.50. The van der Waals surface area contributed by atoms with Crippen molar-refractivity contribution in [2.24, 2.45) is 0 Å². The van der Waals surface area contributed by atoms with Crippen molar-refractivity contribution in [3.63, 3.8) is 0 Å². The van der Waals surface area contributed by atoms with Crippen molar-refractivity contribution in [2.75, 3.05) is 11.1 Å². The SMILES string of the molecule is CC(=O)Nc1ccnc2sc(-c3ccccc3)c(N)c12. The van der Waals surface area contributed by atoms with Crippen LogP contribution in [-0.2, 0) is 4.79 Å². The smallest absolute Gasteiger partial charge is 0.221 e. The first kappa shape index (κ1) is 12.6. The molecular formula is C15H13N3OS. The van der Waals surface area contributed by atoms with Gasteiger partial charge in [0.15, 0.2) is 0 Å². The molecule has 100 valence electrons. The first-order valence-electron chi connectivity index (χ1n) is 6.17. The Kier molecular flexibility index (Phi) is 3.12. The number of nitrogens with two attached hydrogens (primary N) is 1. The summed E-state index contributed by atoms with van der Waals surface area (Å²) in [6.45, 7) is 1.48. The number of rotatable bonds is 2. The minimum atomic E-state index is -0.121. The second-order valence-electron chi connectivity index (χ2n) is 4.43. The lowest BCUT2D eigenvalue weighted by Gasteiger charge is -2.04. The summed E-state index contributed by atoms with van der Waals surface area (Å²) in [5.74, 6) is -0.121. The van der Waals surface area contributed by atoms with Crippen LogP contribution in [0.3, 0.4) is 0 Å². The van der Waals surface area contributed by atoms with Crippen LogP contribution in [0.15, 0.2) is 42.6 Å². The number of aromatic nitrogens is 1. The molecule has 20 heavy (non-hydrogen) atoms. The Hall–Kier alpha value is -2.40. The van der Waals surface area contributed by atoms with E-state index in [1.165, 1.54) is 18.3 Å². The summed E-state index contributed by atoms with van der Waals surface area (Å²) in [6.07, 6.45) is 1.68. The molecule has 0 unspecified atom stereocenters. The molecule has 5 heteroatoms. The number of anilines is 2. The Labute approximate surface area is 120 Å². The zero-order valence-electron chi connectivity index (χ0n) is 10.9. The summed E-state index contributed by atoms with van der Waals surface area (Å²) in [6, 6.07) is 11.7. The van der Waals surface area contributed by atoms with Gasteiger partial charge in [0, 0.05) is 13.1 Å². The van der Waals surface area contributed by atoms with Crippen LogP contribution in [0.4, 0.5) is 11.4 Å². The first-order chi connectivity index (χ1) is 9.66. The number of benzene rings is 1. The fourth-order valence-corrected chi connectivity index (χ4v) is 3.24. The van der Waals surface area contributed by atoms with Crippen molar-refractivity contribution >= 4 is 38.8 Å². The first-order valence-corrected chi connectivity index (χ1v) is 6.98. The number of carbonyl (C=O) groups is 1. The van der Waals surface area contributed by atoms with E-state index in [0.717, 1.165) is 20.7 Å². The van der Waals surface area contributed by atoms with Crippen molar-refractivity contribution in [1.82, 2.24) is 4.98 Å². The quantitative estimate of drug-likeness (QED) is 0.756. The molecule has 0 atom stereocenters. The molecule has 1 aromatic carbocycles. The Morgan fingerprint density at radius 2 is 2.00 bits per heavy atom. The molecule has 2 aromatic heterocycles. The van der Waals surface area contributed by atoms with Crippen molar-refractivity contribution in [2.45, 2.75) is 6.92 Å². The molecule has 0 aliphatic rings. The topological polar surface area (TPSA) is 68.0 Å². The molecule has 2 heterocycles. The second kappa shape index (κ2) is 4.94. The van der Waals surface area contributed by atoms with E-state index in [2.05, 4.69) is 10.3 Å². The maximum atomic E-state index is 11.3. The normalized spacial score (nSPS) is 10.7. The third-order valence-electron chi connectivity index (χ3n) is 2.98. The van der Waals surface area contributed by atoms with Gasteiger partial charge in [-0.25, -0.2) is 4.98 Å². The van der Waals surface area contributed by atoms with Crippen LogP contribution in [0.1, 0.15) is 6.92 Å². The number of hydrogen-bond acceptors (Lipinski definition) is 4. The van der Waals surface area contributed by atoms with E-state index < -0.39 is 0 Å². The lowest BCUT2D eigenvalue weighted by atomic mass is 10.1. The number of hydrogen-bond donors (Lipinski definition) is 2. The van der Waals surface area contributed by atoms with Gasteiger partial charge in [0.2, 0.25) is 5.91 Å². The molecule has 0 aliphatic carbocycles. The number of thiophene rings is 1. The summed E-state index contributed by atoms with van der Waals surface area (Å²) in [7, 11) is 0. The number of fused-ring (bicyclic) bond motifs is 1. The van der Waals surface area contributed by atoms with E-state index in [-0.39, 0.29) is 5.91 Å². The van der Waals surface area contributed by atoms with Crippen molar-refractivity contribution in [1.29, 1.82) is 0 Å². The Balaban J connectivity index is 2.23. The highest BCUT2D eigenvalue weighted by Gasteiger charge is 2.15. The molecule has 0 fully saturated rings. The zero-order chi connectivity index (χ0) is 14.1. The molecule has 3 aromatic rings. The molecule has 1 amide bonds. The molecule has 4 nitrogen and oxygen atoms in total. The largest absolute Gasteiger partial charge is 0.397 e. The Morgan fingerprint density at radius 1 is 1.25 bits per heavy atom. The molecule has 3 N–H and O–H groups in total. The second-order valence-corrected chi connectivity index (χ2v) is 5.43.